The van der Waals surface area contributed by atoms with Gasteiger partial charge in [-0.25, -0.2) is 8.42 Å². The summed E-state index contributed by atoms with van der Waals surface area (Å²) in [7, 11) is -3.78. The maximum Gasteiger partial charge on any atom is 0.321 e. The molecule has 0 bridgehead atoms. The highest BCUT2D eigenvalue weighted by atomic mass is 32.2. The lowest BCUT2D eigenvalue weighted by atomic mass is 10.2. The van der Waals surface area contributed by atoms with Crippen molar-refractivity contribution in [3.05, 3.63) is 29.8 Å². The number of nitrogens with one attached hydrogen (secondary N) is 1. The van der Waals surface area contributed by atoms with Gasteiger partial charge in [-0.2, -0.15) is 4.72 Å². The second kappa shape index (κ2) is 5.97. The molecular formula is C12H17NO4S. The summed E-state index contributed by atoms with van der Waals surface area (Å²) in [5, 5.41) is 8.94. The van der Waals surface area contributed by atoms with Crippen LogP contribution in [0, 0.1) is 6.92 Å². The van der Waals surface area contributed by atoms with Gasteiger partial charge < -0.3 is 5.11 Å². The van der Waals surface area contributed by atoms with E-state index < -0.39 is 22.0 Å². The zero-order valence-electron chi connectivity index (χ0n) is 10.4. The summed E-state index contributed by atoms with van der Waals surface area (Å²) in [6.45, 7) is 3.58. The number of aryl methyl sites for hydroxylation is 1. The van der Waals surface area contributed by atoms with Gasteiger partial charge in [0.25, 0.3) is 0 Å². The van der Waals surface area contributed by atoms with E-state index in [0.29, 0.717) is 6.42 Å². The first-order chi connectivity index (χ1) is 8.36. The van der Waals surface area contributed by atoms with E-state index in [9.17, 15) is 13.2 Å². The molecule has 18 heavy (non-hydrogen) atoms. The Hall–Kier alpha value is -1.40. The van der Waals surface area contributed by atoms with Crippen LogP contribution in [0.3, 0.4) is 0 Å². The van der Waals surface area contributed by atoms with Crippen molar-refractivity contribution in [2.24, 2.45) is 0 Å². The van der Waals surface area contributed by atoms with E-state index in [2.05, 4.69) is 4.72 Å². The topological polar surface area (TPSA) is 83.5 Å². The van der Waals surface area contributed by atoms with Gasteiger partial charge in [0, 0.05) is 0 Å². The van der Waals surface area contributed by atoms with Gasteiger partial charge in [0.15, 0.2) is 0 Å². The Kier molecular flexibility index (Phi) is 4.86. The molecule has 0 spiro atoms. The quantitative estimate of drug-likeness (QED) is 0.821. The number of rotatable bonds is 6. The van der Waals surface area contributed by atoms with Crippen molar-refractivity contribution < 1.29 is 18.3 Å². The van der Waals surface area contributed by atoms with Gasteiger partial charge >= 0.3 is 5.97 Å². The van der Waals surface area contributed by atoms with E-state index in [4.69, 9.17) is 5.11 Å². The number of carboxylic acid groups (broad SMARTS) is 1. The number of hydrogen-bond acceptors (Lipinski definition) is 3. The molecule has 0 saturated carbocycles. The molecule has 0 unspecified atom stereocenters. The second-order valence-corrected chi connectivity index (χ2v) is 5.83. The minimum atomic E-state index is -3.78. The van der Waals surface area contributed by atoms with Crippen LogP contribution in [0.4, 0.5) is 0 Å². The number of carbonyl (C=O) groups is 1. The monoisotopic (exact) mass is 271 g/mol. The van der Waals surface area contributed by atoms with E-state index >= 15 is 0 Å². The molecule has 5 nitrogen and oxygen atoms in total. The first-order valence-corrected chi connectivity index (χ1v) is 7.17. The molecule has 0 aliphatic rings. The molecule has 1 aromatic rings. The van der Waals surface area contributed by atoms with Crippen LogP contribution in [-0.2, 0) is 14.8 Å². The third-order valence-electron chi connectivity index (χ3n) is 2.47. The van der Waals surface area contributed by atoms with Crippen LogP contribution in [0.5, 0.6) is 0 Å². The van der Waals surface area contributed by atoms with Gasteiger partial charge in [0.05, 0.1) is 4.90 Å². The van der Waals surface area contributed by atoms with Crippen molar-refractivity contribution in [3.8, 4) is 0 Å². The Morgan fingerprint density at radius 3 is 2.61 bits per heavy atom. The molecule has 0 fully saturated rings. The molecule has 1 atom stereocenters. The lowest BCUT2D eigenvalue weighted by molar-refractivity contribution is -0.139. The van der Waals surface area contributed by atoms with Crippen molar-refractivity contribution in [2.75, 3.05) is 0 Å². The number of carboxylic acids is 1. The number of benzene rings is 1. The summed E-state index contributed by atoms with van der Waals surface area (Å²) < 4.78 is 26.2. The lowest BCUT2D eigenvalue weighted by Crippen LogP contribution is -2.40. The average Bonchev–Trinajstić information content (AvgIpc) is 2.28. The summed E-state index contributed by atoms with van der Waals surface area (Å²) in [6, 6.07) is 5.27. The summed E-state index contributed by atoms with van der Waals surface area (Å²) in [5.41, 5.74) is 0.806. The fraction of sp³-hybridized carbons (Fsp3) is 0.417. The molecular weight excluding hydrogens is 254 g/mol. The first-order valence-electron chi connectivity index (χ1n) is 5.68. The number of hydrogen-bond donors (Lipinski definition) is 2. The summed E-state index contributed by atoms with van der Waals surface area (Å²) in [6.07, 6.45) is 0.855. The van der Waals surface area contributed by atoms with Crippen LogP contribution >= 0.6 is 0 Å². The zero-order valence-corrected chi connectivity index (χ0v) is 11.2. The van der Waals surface area contributed by atoms with E-state index in [1.165, 1.54) is 12.1 Å². The van der Waals surface area contributed by atoms with Crippen molar-refractivity contribution in [1.82, 2.24) is 4.72 Å². The molecule has 1 aromatic carbocycles. The third kappa shape index (κ3) is 3.82. The van der Waals surface area contributed by atoms with Crippen molar-refractivity contribution in [3.63, 3.8) is 0 Å². The molecule has 100 valence electrons. The number of aliphatic carboxylic acids is 1. The van der Waals surface area contributed by atoms with Gasteiger partial charge in [-0.05, 0) is 31.0 Å². The third-order valence-corrected chi connectivity index (χ3v) is 3.94. The molecule has 6 heteroatoms. The summed E-state index contributed by atoms with van der Waals surface area (Å²) in [4.78, 5) is 11.0. The van der Waals surface area contributed by atoms with E-state index in [-0.39, 0.29) is 11.3 Å². The van der Waals surface area contributed by atoms with E-state index in [0.717, 1.165) is 5.56 Å². The van der Waals surface area contributed by atoms with Crippen LogP contribution < -0.4 is 4.72 Å². The van der Waals surface area contributed by atoms with Gasteiger partial charge in [-0.1, -0.05) is 25.5 Å². The van der Waals surface area contributed by atoms with Crippen LogP contribution in [0.2, 0.25) is 0 Å². The summed E-state index contributed by atoms with van der Waals surface area (Å²) >= 11 is 0. The van der Waals surface area contributed by atoms with Gasteiger partial charge in [0.1, 0.15) is 6.04 Å². The van der Waals surface area contributed by atoms with E-state index in [1.807, 2.05) is 0 Å². The Balaban J connectivity index is 2.97. The van der Waals surface area contributed by atoms with Gasteiger partial charge in [-0.15, -0.1) is 0 Å². The van der Waals surface area contributed by atoms with Crippen molar-refractivity contribution in [2.45, 2.75) is 37.6 Å². The van der Waals surface area contributed by atoms with Gasteiger partial charge in [-0.3, -0.25) is 4.79 Å². The maximum atomic E-state index is 12.0. The SMILES string of the molecule is CCC[C@@H](NS(=O)(=O)c1cccc(C)c1)C(=O)O. The molecule has 0 aromatic heterocycles. The first kappa shape index (κ1) is 14.7. The Morgan fingerprint density at radius 2 is 2.11 bits per heavy atom. The summed E-state index contributed by atoms with van der Waals surface area (Å²) in [5.74, 6) is -1.16. The standard InChI is InChI=1S/C12H17NO4S/c1-3-5-11(12(14)15)13-18(16,17)10-7-4-6-9(2)8-10/h4,6-8,11,13H,3,5H2,1-2H3,(H,14,15)/t11-/m1/s1. The minimum Gasteiger partial charge on any atom is -0.480 e. The van der Waals surface area contributed by atoms with Crippen LogP contribution in [0.25, 0.3) is 0 Å². The minimum absolute atomic E-state index is 0.0878. The molecule has 1 rings (SSSR count). The fourth-order valence-electron chi connectivity index (χ4n) is 1.56. The zero-order chi connectivity index (χ0) is 13.8. The largest absolute Gasteiger partial charge is 0.480 e. The molecule has 0 radical (unpaired) electrons. The highest BCUT2D eigenvalue weighted by molar-refractivity contribution is 7.89. The van der Waals surface area contributed by atoms with Crippen LogP contribution in [0.1, 0.15) is 25.3 Å². The average molecular weight is 271 g/mol. The molecule has 0 heterocycles. The smallest absolute Gasteiger partial charge is 0.321 e. The van der Waals surface area contributed by atoms with Crippen LogP contribution in [0.15, 0.2) is 29.2 Å². The molecule has 0 aliphatic heterocycles. The normalized spacial score (nSPS) is 13.2. The fourth-order valence-corrected chi connectivity index (χ4v) is 2.89. The van der Waals surface area contributed by atoms with E-state index in [1.54, 1.807) is 26.0 Å². The van der Waals surface area contributed by atoms with Crippen molar-refractivity contribution >= 4 is 16.0 Å². The molecule has 0 saturated heterocycles. The van der Waals surface area contributed by atoms with Crippen molar-refractivity contribution in [1.29, 1.82) is 0 Å². The Morgan fingerprint density at radius 1 is 1.44 bits per heavy atom. The highest BCUT2D eigenvalue weighted by Gasteiger charge is 2.24. The maximum absolute atomic E-state index is 12.0. The molecule has 0 aliphatic carbocycles. The molecule has 2 N–H and O–H groups in total. The lowest BCUT2D eigenvalue weighted by Gasteiger charge is -2.14. The van der Waals surface area contributed by atoms with Gasteiger partial charge in [0.2, 0.25) is 10.0 Å². The Labute approximate surface area is 107 Å². The highest BCUT2D eigenvalue weighted by Crippen LogP contribution is 2.12. The Bertz CT molecular complexity index is 525. The molecule has 0 amide bonds. The second-order valence-electron chi connectivity index (χ2n) is 4.12. The number of sulfonamides is 1. The predicted molar refractivity (Wildman–Crippen MR) is 67.8 cm³/mol. The van der Waals surface area contributed by atoms with Crippen LogP contribution in [-0.4, -0.2) is 25.5 Å². The predicted octanol–water partition coefficient (Wildman–Crippen LogP) is 1.53.